The van der Waals surface area contributed by atoms with E-state index in [0.717, 1.165) is 36.1 Å². The number of hydrogen-bond acceptors (Lipinski definition) is 5. The molecule has 6 nitrogen and oxygen atoms in total. The lowest BCUT2D eigenvalue weighted by Crippen LogP contribution is -2.42. The maximum absolute atomic E-state index is 12.0. The van der Waals surface area contributed by atoms with Gasteiger partial charge >= 0.3 is 5.97 Å². The predicted molar refractivity (Wildman–Crippen MR) is 86.5 cm³/mol. The Bertz CT molecular complexity index is 531. The topological polar surface area (TPSA) is 71.5 Å². The number of aromatic nitrogens is 1. The summed E-state index contributed by atoms with van der Waals surface area (Å²) in [5.74, 6) is -0.514. The van der Waals surface area contributed by atoms with E-state index in [9.17, 15) is 9.59 Å². The zero-order chi connectivity index (χ0) is 15.9. The number of nitrogens with one attached hydrogen (secondary N) is 1. The third-order valence-corrected chi connectivity index (χ3v) is 4.07. The van der Waals surface area contributed by atoms with Crippen LogP contribution in [-0.2, 0) is 14.3 Å². The molecule has 0 unspecified atom stereocenters. The zero-order valence-corrected chi connectivity index (χ0v) is 14.1. The highest BCUT2D eigenvalue weighted by atomic mass is 79.9. The van der Waals surface area contributed by atoms with Crippen LogP contribution in [0.5, 0.6) is 0 Å². The van der Waals surface area contributed by atoms with Gasteiger partial charge in [0.1, 0.15) is 6.54 Å². The van der Waals surface area contributed by atoms with Crippen molar-refractivity contribution in [1.29, 1.82) is 0 Å². The number of pyridine rings is 1. The maximum Gasteiger partial charge on any atom is 0.325 e. The predicted octanol–water partition coefficient (Wildman–Crippen LogP) is 1.74. The van der Waals surface area contributed by atoms with Gasteiger partial charge in [0.2, 0.25) is 5.91 Å². The molecular formula is C15H20BrN3O3. The third kappa shape index (κ3) is 4.69. The molecule has 1 N–H and O–H groups in total. The molecule has 1 amide bonds. The molecular weight excluding hydrogens is 350 g/mol. The maximum atomic E-state index is 12.0. The summed E-state index contributed by atoms with van der Waals surface area (Å²) in [6, 6.07) is 2.02. The second-order valence-electron chi connectivity index (χ2n) is 5.15. The molecule has 1 aliphatic rings. The molecule has 120 valence electrons. The van der Waals surface area contributed by atoms with Crippen LogP contribution in [-0.4, -0.2) is 43.1 Å². The van der Waals surface area contributed by atoms with Crippen LogP contribution in [0.2, 0.25) is 0 Å². The number of nitrogens with zero attached hydrogens (tertiary/aromatic N) is 2. The first-order valence-corrected chi connectivity index (χ1v) is 8.18. The summed E-state index contributed by atoms with van der Waals surface area (Å²) in [5, 5.41) is 2.65. The van der Waals surface area contributed by atoms with E-state index in [0.29, 0.717) is 6.61 Å². The molecule has 0 saturated carbocycles. The molecule has 0 aromatic carbocycles. The van der Waals surface area contributed by atoms with Gasteiger partial charge in [-0.2, -0.15) is 0 Å². The van der Waals surface area contributed by atoms with Crippen LogP contribution in [0.1, 0.15) is 19.8 Å². The Morgan fingerprint density at radius 1 is 1.41 bits per heavy atom. The minimum atomic E-state index is -0.395. The molecule has 0 atom stereocenters. The fourth-order valence-electron chi connectivity index (χ4n) is 2.49. The molecule has 1 saturated heterocycles. The highest BCUT2D eigenvalue weighted by molar-refractivity contribution is 9.10. The summed E-state index contributed by atoms with van der Waals surface area (Å²) in [5.41, 5.74) is 1.06. The Morgan fingerprint density at radius 3 is 2.77 bits per heavy atom. The fourth-order valence-corrected chi connectivity index (χ4v) is 2.84. The first kappa shape index (κ1) is 16.7. The van der Waals surface area contributed by atoms with Crippen molar-refractivity contribution in [2.45, 2.75) is 19.8 Å². The number of rotatable bonds is 5. The van der Waals surface area contributed by atoms with Gasteiger partial charge in [-0.15, -0.1) is 0 Å². The molecule has 22 heavy (non-hydrogen) atoms. The van der Waals surface area contributed by atoms with Gasteiger partial charge in [0.15, 0.2) is 0 Å². The summed E-state index contributed by atoms with van der Waals surface area (Å²) in [6.45, 7) is 3.62. The first-order valence-electron chi connectivity index (χ1n) is 7.39. The molecule has 2 rings (SSSR count). The largest absolute Gasteiger partial charge is 0.465 e. The van der Waals surface area contributed by atoms with Gasteiger partial charge < -0.3 is 15.0 Å². The van der Waals surface area contributed by atoms with Crippen molar-refractivity contribution in [3.05, 3.63) is 22.9 Å². The Morgan fingerprint density at radius 2 is 2.14 bits per heavy atom. The van der Waals surface area contributed by atoms with Crippen LogP contribution >= 0.6 is 15.9 Å². The SMILES string of the molecule is CCOC(=O)CNC(=O)C1CCN(c2cncc(Br)c2)CC1. The Balaban J connectivity index is 1.79. The molecule has 1 aromatic heterocycles. The average Bonchev–Trinajstić information content (AvgIpc) is 2.53. The highest BCUT2D eigenvalue weighted by Gasteiger charge is 2.25. The highest BCUT2D eigenvalue weighted by Crippen LogP contribution is 2.24. The van der Waals surface area contributed by atoms with E-state index < -0.39 is 5.97 Å². The summed E-state index contributed by atoms with van der Waals surface area (Å²) < 4.78 is 5.74. The van der Waals surface area contributed by atoms with Crippen LogP contribution < -0.4 is 10.2 Å². The quantitative estimate of drug-likeness (QED) is 0.800. The number of esters is 1. The van der Waals surface area contributed by atoms with E-state index in [4.69, 9.17) is 4.74 Å². The van der Waals surface area contributed by atoms with E-state index in [1.807, 2.05) is 12.3 Å². The lowest BCUT2D eigenvalue weighted by molar-refractivity contribution is -0.143. The standard InChI is InChI=1S/C15H20BrN3O3/c1-2-22-14(20)10-18-15(21)11-3-5-19(6-4-11)13-7-12(16)8-17-9-13/h7-9,11H,2-6,10H2,1H3,(H,18,21). The molecule has 2 heterocycles. The van der Waals surface area contributed by atoms with Crippen molar-refractivity contribution in [3.63, 3.8) is 0 Å². The number of carbonyl (C=O) groups is 2. The van der Waals surface area contributed by atoms with E-state index in [-0.39, 0.29) is 18.4 Å². The minimum Gasteiger partial charge on any atom is -0.465 e. The van der Waals surface area contributed by atoms with E-state index in [1.54, 1.807) is 13.1 Å². The summed E-state index contributed by atoms with van der Waals surface area (Å²) in [7, 11) is 0. The van der Waals surface area contributed by atoms with Crippen LogP contribution in [0.3, 0.4) is 0 Å². The Labute approximate surface area is 138 Å². The number of hydrogen-bond donors (Lipinski definition) is 1. The molecule has 0 spiro atoms. The van der Waals surface area contributed by atoms with Gasteiger partial charge in [0.05, 0.1) is 18.5 Å². The third-order valence-electron chi connectivity index (χ3n) is 3.63. The van der Waals surface area contributed by atoms with E-state index in [2.05, 4.69) is 31.1 Å². The number of carbonyl (C=O) groups excluding carboxylic acids is 2. The number of ether oxygens (including phenoxy) is 1. The number of halogens is 1. The fraction of sp³-hybridized carbons (Fsp3) is 0.533. The normalized spacial score (nSPS) is 15.5. The van der Waals surface area contributed by atoms with E-state index in [1.165, 1.54) is 0 Å². The monoisotopic (exact) mass is 369 g/mol. The molecule has 1 fully saturated rings. The summed E-state index contributed by atoms with van der Waals surface area (Å²) >= 11 is 3.41. The molecule has 0 bridgehead atoms. The second kappa shape index (κ2) is 8.12. The van der Waals surface area contributed by atoms with Crippen molar-refractivity contribution in [3.8, 4) is 0 Å². The van der Waals surface area contributed by atoms with Crippen LogP contribution in [0, 0.1) is 5.92 Å². The van der Waals surface area contributed by atoms with Crippen molar-refractivity contribution in [2.24, 2.45) is 5.92 Å². The Hall–Kier alpha value is -1.63. The van der Waals surface area contributed by atoms with Crippen LogP contribution in [0.4, 0.5) is 5.69 Å². The molecule has 1 aliphatic heterocycles. The van der Waals surface area contributed by atoms with Crippen molar-refractivity contribution >= 4 is 33.5 Å². The summed E-state index contributed by atoms with van der Waals surface area (Å²) in [4.78, 5) is 29.7. The van der Waals surface area contributed by atoms with Crippen LogP contribution in [0.15, 0.2) is 22.9 Å². The first-order chi connectivity index (χ1) is 10.6. The van der Waals surface area contributed by atoms with Crippen molar-refractivity contribution in [1.82, 2.24) is 10.3 Å². The number of piperidine rings is 1. The molecule has 0 radical (unpaired) electrons. The van der Waals surface area contributed by atoms with Crippen molar-refractivity contribution < 1.29 is 14.3 Å². The number of amides is 1. The molecule has 7 heteroatoms. The molecule has 0 aliphatic carbocycles. The lowest BCUT2D eigenvalue weighted by Gasteiger charge is -2.32. The van der Waals surface area contributed by atoms with Gasteiger partial charge in [0, 0.05) is 29.7 Å². The van der Waals surface area contributed by atoms with Gasteiger partial charge in [0.25, 0.3) is 0 Å². The summed E-state index contributed by atoms with van der Waals surface area (Å²) in [6.07, 6.45) is 5.10. The minimum absolute atomic E-state index is 0.0502. The van der Waals surface area contributed by atoms with Gasteiger partial charge in [-0.05, 0) is 41.8 Å². The van der Waals surface area contributed by atoms with Gasteiger partial charge in [-0.3, -0.25) is 14.6 Å². The number of anilines is 1. The van der Waals surface area contributed by atoms with Gasteiger partial charge in [-0.1, -0.05) is 0 Å². The van der Waals surface area contributed by atoms with Crippen LogP contribution in [0.25, 0.3) is 0 Å². The molecule has 1 aromatic rings. The average molecular weight is 370 g/mol. The second-order valence-corrected chi connectivity index (χ2v) is 6.06. The smallest absolute Gasteiger partial charge is 0.325 e. The van der Waals surface area contributed by atoms with E-state index >= 15 is 0 Å². The zero-order valence-electron chi connectivity index (χ0n) is 12.5. The Kier molecular flexibility index (Phi) is 6.18. The van der Waals surface area contributed by atoms with Gasteiger partial charge in [-0.25, -0.2) is 0 Å². The lowest BCUT2D eigenvalue weighted by atomic mass is 9.95. The van der Waals surface area contributed by atoms with Crippen molar-refractivity contribution in [2.75, 3.05) is 31.1 Å².